The van der Waals surface area contributed by atoms with Crippen LogP contribution in [-0.2, 0) is 14.3 Å². The van der Waals surface area contributed by atoms with Crippen molar-refractivity contribution in [2.75, 3.05) is 13.2 Å². The molecule has 6 nitrogen and oxygen atoms in total. The summed E-state index contributed by atoms with van der Waals surface area (Å²) in [7, 11) is 0. The van der Waals surface area contributed by atoms with Crippen molar-refractivity contribution in [3.8, 4) is 0 Å². The molecule has 0 heterocycles. The van der Waals surface area contributed by atoms with Crippen LogP contribution in [0.4, 0.5) is 0 Å². The first-order valence-corrected chi connectivity index (χ1v) is 10.2. The number of fused-ring (bicyclic) bond motifs is 1. The van der Waals surface area contributed by atoms with Crippen molar-refractivity contribution >= 4 is 28.6 Å². The molecule has 154 valence electrons. The monoisotopic (exact) mass is 396 g/mol. The van der Waals surface area contributed by atoms with E-state index in [1.807, 2.05) is 30.3 Å². The molecular weight excluding hydrogens is 368 g/mol. The van der Waals surface area contributed by atoms with Crippen LogP contribution < -0.4 is 10.6 Å². The normalized spacial score (nSPS) is 21.4. The van der Waals surface area contributed by atoms with E-state index in [0.29, 0.717) is 17.4 Å². The molecule has 2 aromatic carbocycles. The number of esters is 1. The summed E-state index contributed by atoms with van der Waals surface area (Å²) in [4.78, 5) is 36.2. The Bertz CT molecular complexity index is 895. The number of hydrogen-bond acceptors (Lipinski definition) is 4. The zero-order valence-corrected chi connectivity index (χ0v) is 16.9. The van der Waals surface area contributed by atoms with Gasteiger partial charge in [-0.05, 0) is 41.2 Å². The van der Waals surface area contributed by atoms with Gasteiger partial charge in [-0.1, -0.05) is 57.0 Å². The van der Waals surface area contributed by atoms with Crippen LogP contribution in [0.5, 0.6) is 0 Å². The van der Waals surface area contributed by atoms with Crippen LogP contribution in [0.15, 0.2) is 42.5 Å². The van der Waals surface area contributed by atoms with Crippen LogP contribution in [-0.4, -0.2) is 37.0 Å². The third-order valence-corrected chi connectivity index (χ3v) is 5.82. The lowest BCUT2D eigenvalue weighted by Gasteiger charge is -2.34. The Hall–Kier alpha value is -2.89. The second-order valence-electron chi connectivity index (χ2n) is 7.85. The molecule has 1 aliphatic rings. The van der Waals surface area contributed by atoms with Crippen LogP contribution in [0.25, 0.3) is 10.8 Å². The molecule has 0 aromatic heterocycles. The van der Waals surface area contributed by atoms with E-state index in [9.17, 15) is 14.4 Å². The minimum atomic E-state index is -0.639. The van der Waals surface area contributed by atoms with Gasteiger partial charge >= 0.3 is 5.97 Å². The number of nitrogens with one attached hydrogen (secondary N) is 2. The van der Waals surface area contributed by atoms with Crippen molar-refractivity contribution in [1.82, 2.24) is 10.6 Å². The smallest absolute Gasteiger partial charge is 0.325 e. The van der Waals surface area contributed by atoms with E-state index < -0.39 is 5.97 Å². The van der Waals surface area contributed by atoms with Gasteiger partial charge in [0.05, 0.1) is 0 Å². The molecule has 6 heteroatoms. The Morgan fingerprint density at radius 2 is 1.79 bits per heavy atom. The van der Waals surface area contributed by atoms with Gasteiger partial charge in [0.2, 0.25) is 0 Å². The molecule has 29 heavy (non-hydrogen) atoms. The molecule has 2 amide bonds. The van der Waals surface area contributed by atoms with Crippen molar-refractivity contribution in [3.05, 3.63) is 48.0 Å². The van der Waals surface area contributed by atoms with E-state index in [4.69, 9.17) is 4.74 Å². The van der Waals surface area contributed by atoms with Crippen molar-refractivity contribution in [3.63, 3.8) is 0 Å². The number of rotatable bonds is 6. The summed E-state index contributed by atoms with van der Waals surface area (Å²) in [5.74, 6) is -0.321. The first-order valence-electron chi connectivity index (χ1n) is 10.2. The highest BCUT2D eigenvalue weighted by Crippen LogP contribution is 2.29. The molecule has 0 bridgehead atoms. The minimum Gasteiger partial charge on any atom is -0.454 e. The number of carbonyl (C=O) groups is 3. The highest BCUT2D eigenvalue weighted by molar-refractivity contribution is 5.99. The Morgan fingerprint density at radius 3 is 2.59 bits per heavy atom. The maximum atomic E-state index is 12.3. The molecule has 2 aromatic rings. The topological polar surface area (TPSA) is 84.5 Å². The van der Waals surface area contributed by atoms with Crippen LogP contribution in [0.2, 0.25) is 0 Å². The molecule has 0 radical (unpaired) electrons. The summed E-state index contributed by atoms with van der Waals surface area (Å²) in [6.07, 6.45) is 3.23. The second kappa shape index (κ2) is 9.54. The van der Waals surface area contributed by atoms with Gasteiger partial charge in [0, 0.05) is 11.6 Å². The molecule has 0 saturated heterocycles. The number of ether oxygens (including phenoxy) is 1. The third kappa shape index (κ3) is 5.56. The van der Waals surface area contributed by atoms with Gasteiger partial charge in [0.1, 0.15) is 6.54 Å². The Labute approximate surface area is 171 Å². The van der Waals surface area contributed by atoms with Crippen molar-refractivity contribution in [1.29, 1.82) is 0 Å². The van der Waals surface area contributed by atoms with E-state index in [1.54, 1.807) is 12.1 Å². The first-order chi connectivity index (χ1) is 13.9. The highest BCUT2D eigenvalue weighted by Gasteiger charge is 2.28. The number of amides is 2. The summed E-state index contributed by atoms with van der Waals surface area (Å²) in [6, 6.07) is 13.2. The summed E-state index contributed by atoms with van der Waals surface area (Å²) in [5.41, 5.74) is 0.467. The van der Waals surface area contributed by atoms with E-state index in [-0.39, 0.29) is 31.0 Å². The highest BCUT2D eigenvalue weighted by atomic mass is 16.5. The zero-order valence-electron chi connectivity index (χ0n) is 16.9. The molecule has 3 rings (SSSR count). The fourth-order valence-electron chi connectivity index (χ4n) is 3.82. The average Bonchev–Trinajstić information content (AvgIpc) is 2.73. The molecule has 1 saturated carbocycles. The van der Waals surface area contributed by atoms with Crippen molar-refractivity contribution < 1.29 is 19.1 Å². The SMILES string of the molecule is C[C@@H]1[C@H](C)CCC[C@@H]1NC(=O)COC(=O)CNC(=O)c1ccc2ccccc2c1. The zero-order chi connectivity index (χ0) is 20.8. The lowest BCUT2D eigenvalue weighted by atomic mass is 9.78. The molecule has 0 aliphatic heterocycles. The summed E-state index contributed by atoms with van der Waals surface area (Å²) >= 11 is 0. The number of carbonyl (C=O) groups excluding carboxylic acids is 3. The maximum Gasteiger partial charge on any atom is 0.325 e. The van der Waals surface area contributed by atoms with Gasteiger partial charge in [-0.25, -0.2) is 0 Å². The van der Waals surface area contributed by atoms with Crippen LogP contribution in [0.3, 0.4) is 0 Å². The standard InChI is InChI=1S/C23H28N2O4/c1-15-6-5-9-20(16(15)2)25-21(26)14-29-22(27)13-24-23(28)19-11-10-17-7-3-4-8-18(17)12-19/h3-4,7-8,10-12,15-16,20H,5-6,9,13-14H2,1-2H3,(H,24,28)(H,25,26)/t15-,16-,20+/m1/s1. The Kier molecular flexibility index (Phi) is 6.86. The fraction of sp³-hybridized carbons (Fsp3) is 0.435. The molecule has 0 spiro atoms. The number of hydrogen-bond donors (Lipinski definition) is 2. The third-order valence-electron chi connectivity index (χ3n) is 5.82. The lowest BCUT2D eigenvalue weighted by molar-refractivity contribution is -0.147. The maximum absolute atomic E-state index is 12.3. The largest absolute Gasteiger partial charge is 0.454 e. The average molecular weight is 396 g/mol. The van der Waals surface area contributed by atoms with Crippen molar-refractivity contribution in [2.24, 2.45) is 11.8 Å². The van der Waals surface area contributed by atoms with Crippen LogP contribution >= 0.6 is 0 Å². The molecule has 0 unspecified atom stereocenters. The molecular formula is C23H28N2O4. The molecule has 1 fully saturated rings. The summed E-state index contributed by atoms with van der Waals surface area (Å²) in [5, 5.41) is 7.48. The molecule has 2 N–H and O–H groups in total. The summed E-state index contributed by atoms with van der Waals surface area (Å²) < 4.78 is 5.00. The van der Waals surface area contributed by atoms with E-state index in [1.165, 1.54) is 6.42 Å². The van der Waals surface area contributed by atoms with Gasteiger partial charge in [-0.2, -0.15) is 0 Å². The lowest BCUT2D eigenvalue weighted by Crippen LogP contribution is -2.45. The summed E-state index contributed by atoms with van der Waals surface area (Å²) in [6.45, 7) is 3.72. The van der Waals surface area contributed by atoms with Crippen LogP contribution in [0, 0.1) is 11.8 Å². The van der Waals surface area contributed by atoms with E-state index >= 15 is 0 Å². The minimum absolute atomic E-state index is 0.123. The second-order valence-corrected chi connectivity index (χ2v) is 7.85. The van der Waals surface area contributed by atoms with E-state index in [0.717, 1.165) is 23.6 Å². The number of benzene rings is 2. The molecule has 1 aliphatic carbocycles. The predicted octanol–water partition coefficient (Wildman–Crippen LogP) is 3.05. The van der Waals surface area contributed by atoms with Gasteiger partial charge in [0.25, 0.3) is 11.8 Å². The van der Waals surface area contributed by atoms with Crippen molar-refractivity contribution in [2.45, 2.75) is 39.2 Å². The van der Waals surface area contributed by atoms with E-state index in [2.05, 4.69) is 24.5 Å². The van der Waals surface area contributed by atoms with Gasteiger partial charge < -0.3 is 15.4 Å². The van der Waals surface area contributed by atoms with Gasteiger partial charge in [-0.3, -0.25) is 14.4 Å². The fourth-order valence-corrected chi connectivity index (χ4v) is 3.82. The van der Waals surface area contributed by atoms with Crippen LogP contribution in [0.1, 0.15) is 43.5 Å². The first kappa shape index (κ1) is 20.8. The van der Waals surface area contributed by atoms with Gasteiger partial charge in [0.15, 0.2) is 6.61 Å². The Balaban J connectivity index is 1.42. The predicted molar refractivity (Wildman–Crippen MR) is 111 cm³/mol. The molecule has 3 atom stereocenters. The van der Waals surface area contributed by atoms with Gasteiger partial charge in [-0.15, -0.1) is 0 Å². The quantitative estimate of drug-likeness (QED) is 0.735. The Morgan fingerprint density at radius 1 is 1.03 bits per heavy atom.